The monoisotopic (exact) mass is 348 g/mol. The van der Waals surface area contributed by atoms with E-state index in [0.717, 1.165) is 35.2 Å². The standard InChI is InChI=1S/C21H20N2O3/c1-4-23(5-2)15-10-9-14-11-16(21(24)25-18(14)12-15)20-22-17-8-6-7-13(3)19(17)26-20/h6-12H,4-5H2,1-3H3. The van der Waals surface area contributed by atoms with Crippen LogP contribution in [0, 0.1) is 6.92 Å². The van der Waals surface area contributed by atoms with Crippen molar-refractivity contribution in [3.63, 3.8) is 0 Å². The van der Waals surface area contributed by atoms with Crippen LogP contribution >= 0.6 is 0 Å². The molecule has 0 unspecified atom stereocenters. The third-order valence-electron chi connectivity index (χ3n) is 4.69. The van der Waals surface area contributed by atoms with E-state index in [1.54, 1.807) is 6.07 Å². The molecule has 4 aromatic rings. The maximum Gasteiger partial charge on any atom is 0.349 e. The van der Waals surface area contributed by atoms with Crippen LogP contribution in [0.1, 0.15) is 19.4 Å². The Morgan fingerprint density at radius 1 is 1.04 bits per heavy atom. The molecule has 0 N–H and O–H groups in total. The summed E-state index contributed by atoms with van der Waals surface area (Å²) in [4.78, 5) is 19.2. The van der Waals surface area contributed by atoms with Crippen LogP contribution in [0.2, 0.25) is 0 Å². The van der Waals surface area contributed by atoms with Gasteiger partial charge in [0.25, 0.3) is 0 Å². The van der Waals surface area contributed by atoms with E-state index in [1.807, 2.05) is 43.3 Å². The summed E-state index contributed by atoms with van der Waals surface area (Å²) in [7, 11) is 0. The Balaban J connectivity index is 1.85. The predicted octanol–water partition coefficient (Wildman–Crippen LogP) is 4.76. The Hall–Kier alpha value is -3.08. The van der Waals surface area contributed by atoms with Crippen molar-refractivity contribution in [3.8, 4) is 11.5 Å². The number of aryl methyl sites for hydroxylation is 1. The van der Waals surface area contributed by atoms with Crippen molar-refractivity contribution in [2.45, 2.75) is 20.8 Å². The highest BCUT2D eigenvalue weighted by Gasteiger charge is 2.16. The topological polar surface area (TPSA) is 59.5 Å². The third kappa shape index (κ3) is 2.65. The number of aromatic nitrogens is 1. The van der Waals surface area contributed by atoms with Crippen molar-refractivity contribution >= 4 is 27.8 Å². The van der Waals surface area contributed by atoms with Crippen LogP contribution in [-0.4, -0.2) is 18.1 Å². The van der Waals surface area contributed by atoms with Crippen LogP contribution in [-0.2, 0) is 0 Å². The van der Waals surface area contributed by atoms with Gasteiger partial charge in [-0.2, -0.15) is 0 Å². The Labute approximate surface area is 150 Å². The minimum absolute atomic E-state index is 0.290. The van der Waals surface area contributed by atoms with Crippen molar-refractivity contribution in [1.82, 2.24) is 4.98 Å². The van der Waals surface area contributed by atoms with Crippen LogP contribution < -0.4 is 10.5 Å². The van der Waals surface area contributed by atoms with Gasteiger partial charge in [-0.3, -0.25) is 0 Å². The van der Waals surface area contributed by atoms with Gasteiger partial charge < -0.3 is 13.7 Å². The lowest BCUT2D eigenvalue weighted by molar-refractivity contribution is 0.553. The molecular formula is C21H20N2O3. The highest BCUT2D eigenvalue weighted by atomic mass is 16.4. The number of rotatable bonds is 4. The first kappa shape index (κ1) is 16.4. The smallest absolute Gasteiger partial charge is 0.349 e. The van der Waals surface area contributed by atoms with Gasteiger partial charge in [0, 0.05) is 30.2 Å². The molecule has 0 amide bonds. The lowest BCUT2D eigenvalue weighted by atomic mass is 10.1. The zero-order valence-electron chi connectivity index (χ0n) is 15.1. The summed E-state index contributed by atoms with van der Waals surface area (Å²) in [5, 5.41) is 0.842. The fourth-order valence-electron chi connectivity index (χ4n) is 3.24. The fourth-order valence-corrected chi connectivity index (χ4v) is 3.24. The van der Waals surface area contributed by atoms with Crippen molar-refractivity contribution in [2.24, 2.45) is 0 Å². The van der Waals surface area contributed by atoms with E-state index in [9.17, 15) is 4.79 Å². The maximum absolute atomic E-state index is 12.5. The van der Waals surface area contributed by atoms with Crippen molar-refractivity contribution in [2.75, 3.05) is 18.0 Å². The molecule has 2 aromatic heterocycles. The van der Waals surface area contributed by atoms with Crippen molar-refractivity contribution in [3.05, 3.63) is 58.4 Å². The molecule has 0 spiro atoms. The summed E-state index contributed by atoms with van der Waals surface area (Å²) in [6, 6.07) is 13.4. The molecule has 0 fully saturated rings. The van der Waals surface area contributed by atoms with Gasteiger partial charge in [-0.05, 0) is 50.6 Å². The quantitative estimate of drug-likeness (QED) is 0.498. The number of benzene rings is 2. The highest BCUT2D eigenvalue weighted by molar-refractivity contribution is 5.85. The SMILES string of the molecule is CCN(CC)c1ccc2cc(-c3nc4cccc(C)c4o3)c(=O)oc2c1. The summed E-state index contributed by atoms with van der Waals surface area (Å²) in [5.74, 6) is 0.290. The number of hydrogen-bond acceptors (Lipinski definition) is 5. The molecule has 2 aromatic carbocycles. The lowest BCUT2D eigenvalue weighted by Crippen LogP contribution is -2.21. The second kappa shape index (κ2) is 6.33. The molecule has 0 bridgehead atoms. The van der Waals surface area contributed by atoms with Crippen LogP contribution in [0.15, 0.2) is 56.1 Å². The van der Waals surface area contributed by atoms with Gasteiger partial charge in [-0.25, -0.2) is 9.78 Å². The molecule has 0 atom stereocenters. The average molecular weight is 348 g/mol. The molecule has 26 heavy (non-hydrogen) atoms. The second-order valence-corrected chi connectivity index (χ2v) is 6.28. The number of oxazole rings is 1. The molecule has 132 valence electrons. The van der Waals surface area contributed by atoms with Crippen molar-refractivity contribution in [1.29, 1.82) is 0 Å². The Morgan fingerprint density at radius 2 is 1.85 bits per heavy atom. The van der Waals surface area contributed by atoms with Gasteiger partial charge in [-0.15, -0.1) is 0 Å². The molecule has 0 saturated carbocycles. The fraction of sp³-hybridized carbons (Fsp3) is 0.238. The summed E-state index contributed by atoms with van der Waals surface area (Å²) in [6.45, 7) is 7.94. The number of para-hydroxylation sites is 1. The summed E-state index contributed by atoms with van der Waals surface area (Å²) in [6.07, 6.45) is 0. The van der Waals surface area contributed by atoms with E-state index in [0.29, 0.717) is 16.7 Å². The lowest BCUT2D eigenvalue weighted by Gasteiger charge is -2.20. The van der Waals surface area contributed by atoms with Gasteiger partial charge in [0.2, 0.25) is 5.89 Å². The third-order valence-corrected chi connectivity index (χ3v) is 4.69. The molecule has 0 saturated heterocycles. The van der Waals surface area contributed by atoms with E-state index >= 15 is 0 Å². The summed E-state index contributed by atoms with van der Waals surface area (Å²) >= 11 is 0. The Kier molecular flexibility index (Phi) is 3.99. The Bertz CT molecular complexity index is 1150. The number of anilines is 1. The number of hydrogen-bond donors (Lipinski definition) is 0. The van der Waals surface area contributed by atoms with E-state index < -0.39 is 5.63 Å². The van der Waals surface area contributed by atoms with Gasteiger partial charge in [0.1, 0.15) is 16.7 Å². The molecule has 0 aliphatic heterocycles. The van der Waals surface area contributed by atoms with Crippen LogP contribution in [0.3, 0.4) is 0 Å². The molecule has 0 aliphatic rings. The first-order chi connectivity index (χ1) is 12.6. The van der Waals surface area contributed by atoms with Gasteiger partial charge >= 0.3 is 5.63 Å². The molecule has 2 heterocycles. The van der Waals surface area contributed by atoms with E-state index in [2.05, 4.69) is 23.7 Å². The predicted molar refractivity (Wildman–Crippen MR) is 104 cm³/mol. The molecule has 0 radical (unpaired) electrons. The van der Waals surface area contributed by atoms with Gasteiger partial charge in [0.05, 0.1) is 0 Å². The molecular weight excluding hydrogens is 328 g/mol. The van der Waals surface area contributed by atoms with E-state index in [4.69, 9.17) is 8.83 Å². The first-order valence-electron chi connectivity index (χ1n) is 8.80. The minimum atomic E-state index is -0.446. The maximum atomic E-state index is 12.5. The van der Waals surface area contributed by atoms with E-state index in [1.165, 1.54) is 0 Å². The number of nitrogens with zero attached hydrogens (tertiary/aromatic N) is 2. The molecule has 5 nitrogen and oxygen atoms in total. The zero-order chi connectivity index (χ0) is 18.3. The van der Waals surface area contributed by atoms with Gasteiger partial charge in [-0.1, -0.05) is 12.1 Å². The van der Waals surface area contributed by atoms with Crippen LogP contribution in [0.5, 0.6) is 0 Å². The molecule has 4 rings (SSSR count). The largest absolute Gasteiger partial charge is 0.436 e. The number of fused-ring (bicyclic) bond motifs is 2. The second-order valence-electron chi connectivity index (χ2n) is 6.28. The van der Waals surface area contributed by atoms with Crippen molar-refractivity contribution < 1.29 is 8.83 Å². The summed E-state index contributed by atoms with van der Waals surface area (Å²) in [5.41, 5.74) is 3.90. The minimum Gasteiger partial charge on any atom is -0.436 e. The van der Waals surface area contributed by atoms with Crippen LogP contribution in [0.4, 0.5) is 5.69 Å². The first-order valence-corrected chi connectivity index (χ1v) is 8.80. The summed E-state index contributed by atoms with van der Waals surface area (Å²) < 4.78 is 11.4. The Morgan fingerprint density at radius 3 is 2.58 bits per heavy atom. The van der Waals surface area contributed by atoms with Crippen LogP contribution in [0.25, 0.3) is 33.5 Å². The highest BCUT2D eigenvalue weighted by Crippen LogP contribution is 2.28. The average Bonchev–Trinajstić information content (AvgIpc) is 3.07. The molecule has 5 heteroatoms. The molecule has 0 aliphatic carbocycles. The normalized spacial score (nSPS) is 11.3. The van der Waals surface area contributed by atoms with Gasteiger partial charge in [0.15, 0.2) is 5.58 Å². The zero-order valence-corrected chi connectivity index (χ0v) is 15.1. The van der Waals surface area contributed by atoms with E-state index in [-0.39, 0.29) is 5.89 Å².